The fourth-order valence-electron chi connectivity index (χ4n) is 2.66. The first-order valence-electron chi connectivity index (χ1n) is 6.39. The second-order valence-corrected chi connectivity index (χ2v) is 6.48. The summed E-state index contributed by atoms with van der Waals surface area (Å²) in [5, 5.41) is 0. The Morgan fingerprint density at radius 1 is 1.20 bits per heavy atom. The van der Waals surface area contributed by atoms with E-state index in [4.69, 9.17) is 4.74 Å². The second kappa shape index (κ2) is 4.91. The fraction of sp³-hybridized carbons (Fsp3) is 1.00. The van der Waals surface area contributed by atoms with Crippen LogP contribution in [0.3, 0.4) is 0 Å². The van der Waals surface area contributed by atoms with Crippen molar-refractivity contribution in [3.8, 4) is 0 Å². The van der Waals surface area contributed by atoms with Gasteiger partial charge in [-0.05, 0) is 50.4 Å². The Morgan fingerprint density at radius 2 is 1.80 bits per heavy atom. The van der Waals surface area contributed by atoms with Crippen LogP contribution in [0.1, 0.15) is 52.4 Å². The van der Waals surface area contributed by atoms with E-state index in [0.717, 1.165) is 11.8 Å². The molecule has 0 unspecified atom stereocenters. The van der Waals surface area contributed by atoms with E-state index < -0.39 is 0 Å². The van der Waals surface area contributed by atoms with E-state index in [1.165, 1.54) is 43.0 Å². The van der Waals surface area contributed by atoms with Crippen molar-refractivity contribution >= 4 is 22.6 Å². The lowest BCUT2D eigenvalue weighted by Gasteiger charge is -2.40. The van der Waals surface area contributed by atoms with Gasteiger partial charge in [-0.15, -0.1) is 0 Å². The Hall–Kier alpha value is 0.690. The zero-order valence-electron chi connectivity index (χ0n) is 9.97. The molecule has 0 spiro atoms. The van der Waals surface area contributed by atoms with Crippen LogP contribution in [-0.2, 0) is 4.74 Å². The molecule has 0 bridgehead atoms. The van der Waals surface area contributed by atoms with Crippen molar-refractivity contribution in [1.29, 1.82) is 0 Å². The Labute approximate surface area is 107 Å². The van der Waals surface area contributed by atoms with Crippen LogP contribution >= 0.6 is 22.6 Å². The third-order valence-electron chi connectivity index (χ3n) is 4.07. The van der Waals surface area contributed by atoms with Crippen molar-refractivity contribution in [1.82, 2.24) is 0 Å². The predicted molar refractivity (Wildman–Crippen MR) is 72.5 cm³/mol. The number of hydrogen-bond acceptors (Lipinski definition) is 1. The number of ether oxygens (including phenoxy) is 1. The summed E-state index contributed by atoms with van der Waals surface area (Å²) in [5.41, 5.74) is 0.257. The summed E-state index contributed by atoms with van der Waals surface area (Å²) in [6.45, 7) is 4.73. The lowest BCUT2D eigenvalue weighted by atomic mass is 9.75. The van der Waals surface area contributed by atoms with Gasteiger partial charge in [-0.2, -0.15) is 0 Å². The highest BCUT2D eigenvalue weighted by Gasteiger charge is 2.40. The van der Waals surface area contributed by atoms with Crippen LogP contribution in [0.15, 0.2) is 0 Å². The fourth-order valence-corrected chi connectivity index (χ4v) is 3.60. The molecule has 0 aromatic carbocycles. The third kappa shape index (κ3) is 3.09. The first-order chi connectivity index (χ1) is 7.15. The van der Waals surface area contributed by atoms with Gasteiger partial charge in [-0.1, -0.05) is 36.4 Å². The molecule has 2 fully saturated rings. The molecule has 2 rings (SSSR count). The van der Waals surface area contributed by atoms with Crippen molar-refractivity contribution in [3.05, 3.63) is 0 Å². The quantitative estimate of drug-likeness (QED) is 0.557. The lowest BCUT2D eigenvalue weighted by Crippen LogP contribution is -2.40. The van der Waals surface area contributed by atoms with E-state index in [0.29, 0.717) is 6.10 Å². The maximum Gasteiger partial charge on any atom is 0.0775 e. The van der Waals surface area contributed by atoms with Crippen LogP contribution in [0.25, 0.3) is 0 Å². The van der Waals surface area contributed by atoms with E-state index in [-0.39, 0.29) is 5.60 Å². The van der Waals surface area contributed by atoms with Crippen LogP contribution < -0.4 is 0 Å². The summed E-state index contributed by atoms with van der Waals surface area (Å²) in [5.74, 6) is 1.81. The molecule has 1 nitrogen and oxygen atoms in total. The van der Waals surface area contributed by atoms with Crippen LogP contribution in [0.2, 0.25) is 0 Å². The molecule has 2 saturated carbocycles. The standard InChI is InChI=1S/C13H23IO/c1-10(2)11-5-7-13(9-14,8-6-11)15-12-3-4-12/h10-12H,3-9H2,1-2H3. The minimum atomic E-state index is 0.257. The zero-order valence-corrected chi connectivity index (χ0v) is 12.1. The summed E-state index contributed by atoms with van der Waals surface area (Å²) in [6.07, 6.45) is 8.61. The molecule has 0 amide bonds. The average Bonchev–Trinajstić information content (AvgIpc) is 3.02. The molecule has 0 saturated heterocycles. The van der Waals surface area contributed by atoms with Crippen molar-refractivity contribution in [2.24, 2.45) is 11.8 Å². The first-order valence-corrected chi connectivity index (χ1v) is 7.91. The molecule has 2 aliphatic carbocycles. The third-order valence-corrected chi connectivity index (χ3v) is 5.46. The summed E-state index contributed by atoms with van der Waals surface area (Å²) >= 11 is 2.52. The van der Waals surface area contributed by atoms with E-state index in [1.807, 2.05) is 0 Å². The molecular formula is C13H23IO. The second-order valence-electron chi connectivity index (χ2n) is 5.72. The molecule has 0 atom stereocenters. The minimum Gasteiger partial charge on any atom is -0.371 e. The Bertz CT molecular complexity index is 203. The summed E-state index contributed by atoms with van der Waals surface area (Å²) in [4.78, 5) is 0. The van der Waals surface area contributed by atoms with Gasteiger partial charge in [0, 0.05) is 4.43 Å². The molecule has 15 heavy (non-hydrogen) atoms. The largest absolute Gasteiger partial charge is 0.371 e. The summed E-state index contributed by atoms with van der Waals surface area (Å²) in [6, 6.07) is 0. The van der Waals surface area contributed by atoms with Crippen molar-refractivity contribution in [2.75, 3.05) is 4.43 Å². The number of alkyl halides is 1. The highest BCUT2D eigenvalue weighted by Crippen LogP contribution is 2.42. The van der Waals surface area contributed by atoms with E-state index in [2.05, 4.69) is 36.4 Å². The highest BCUT2D eigenvalue weighted by atomic mass is 127. The first kappa shape index (κ1) is 12.2. The lowest BCUT2D eigenvalue weighted by molar-refractivity contribution is -0.0719. The number of hydrogen-bond donors (Lipinski definition) is 0. The van der Waals surface area contributed by atoms with Crippen LogP contribution in [0.4, 0.5) is 0 Å². The average molecular weight is 322 g/mol. The van der Waals surface area contributed by atoms with Gasteiger partial charge in [-0.25, -0.2) is 0 Å². The molecule has 0 N–H and O–H groups in total. The van der Waals surface area contributed by atoms with Gasteiger partial charge in [0.05, 0.1) is 11.7 Å². The molecule has 0 aromatic heterocycles. The van der Waals surface area contributed by atoms with Gasteiger partial charge in [0.2, 0.25) is 0 Å². The predicted octanol–water partition coefficient (Wildman–Crippen LogP) is 4.19. The molecule has 2 heteroatoms. The SMILES string of the molecule is CC(C)C1CCC(CI)(OC2CC2)CC1. The van der Waals surface area contributed by atoms with Crippen LogP contribution in [0, 0.1) is 11.8 Å². The Kier molecular flexibility index (Phi) is 3.98. The van der Waals surface area contributed by atoms with E-state index >= 15 is 0 Å². The van der Waals surface area contributed by atoms with Crippen molar-refractivity contribution < 1.29 is 4.74 Å². The van der Waals surface area contributed by atoms with E-state index in [1.54, 1.807) is 0 Å². The van der Waals surface area contributed by atoms with Gasteiger partial charge < -0.3 is 4.74 Å². The van der Waals surface area contributed by atoms with Gasteiger partial charge in [0.15, 0.2) is 0 Å². The molecule has 2 aliphatic rings. The monoisotopic (exact) mass is 322 g/mol. The molecule has 0 aliphatic heterocycles. The normalized spacial score (nSPS) is 37.2. The van der Waals surface area contributed by atoms with Crippen molar-refractivity contribution in [2.45, 2.75) is 64.1 Å². The zero-order chi connectivity index (χ0) is 10.9. The molecule has 0 radical (unpaired) electrons. The van der Waals surface area contributed by atoms with Gasteiger partial charge in [0.25, 0.3) is 0 Å². The van der Waals surface area contributed by atoms with Gasteiger partial charge in [0.1, 0.15) is 0 Å². The van der Waals surface area contributed by atoms with Crippen LogP contribution in [0.5, 0.6) is 0 Å². The maximum absolute atomic E-state index is 6.26. The molecular weight excluding hydrogens is 299 g/mol. The smallest absolute Gasteiger partial charge is 0.0775 e. The molecule has 0 heterocycles. The molecule has 88 valence electrons. The highest BCUT2D eigenvalue weighted by molar-refractivity contribution is 14.1. The van der Waals surface area contributed by atoms with Gasteiger partial charge >= 0.3 is 0 Å². The summed E-state index contributed by atoms with van der Waals surface area (Å²) in [7, 11) is 0. The number of rotatable bonds is 4. The maximum atomic E-state index is 6.26. The Morgan fingerprint density at radius 3 is 2.20 bits per heavy atom. The van der Waals surface area contributed by atoms with E-state index in [9.17, 15) is 0 Å². The molecule has 0 aromatic rings. The minimum absolute atomic E-state index is 0.257. The summed E-state index contributed by atoms with van der Waals surface area (Å²) < 4.78 is 7.45. The number of halogens is 1. The van der Waals surface area contributed by atoms with Crippen molar-refractivity contribution in [3.63, 3.8) is 0 Å². The topological polar surface area (TPSA) is 9.23 Å². The Balaban J connectivity index is 1.87. The van der Waals surface area contributed by atoms with Crippen LogP contribution in [-0.4, -0.2) is 16.1 Å². The van der Waals surface area contributed by atoms with Gasteiger partial charge in [-0.3, -0.25) is 0 Å².